The van der Waals surface area contributed by atoms with Crippen molar-refractivity contribution in [3.8, 4) is 0 Å². The SMILES string of the molecule is C=C1C=CC(=O)N1CCCCCC(=O)N[C@@H](C)C(=O)N[C@@H](C)C(=O)P.CC.CC.[HH].[HH]. The third-order valence-electron chi connectivity index (χ3n) is 3.87. The van der Waals surface area contributed by atoms with Crippen LogP contribution in [0.15, 0.2) is 24.4 Å². The van der Waals surface area contributed by atoms with E-state index in [9.17, 15) is 19.2 Å². The van der Waals surface area contributed by atoms with E-state index in [1.54, 1.807) is 24.8 Å². The van der Waals surface area contributed by atoms with Gasteiger partial charge >= 0.3 is 0 Å². The van der Waals surface area contributed by atoms with Gasteiger partial charge in [0.1, 0.15) is 6.04 Å². The highest BCUT2D eigenvalue weighted by Crippen LogP contribution is 2.14. The van der Waals surface area contributed by atoms with Crippen LogP contribution in [0.1, 0.15) is 70.1 Å². The van der Waals surface area contributed by atoms with Crippen LogP contribution in [0.25, 0.3) is 0 Å². The summed E-state index contributed by atoms with van der Waals surface area (Å²) in [6.07, 6.45) is 5.74. The summed E-state index contributed by atoms with van der Waals surface area (Å²) < 4.78 is 0. The van der Waals surface area contributed by atoms with Crippen molar-refractivity contribution >= 4 is 32.5 Å². The fourth-order valence-corrected chi connectivity index (χ4v) is 2.35. The first-order valence-electron chi connectivity index (χ1n) is 10.3. The second-order valence-electron chi connectivity index (χ2n) is 6.05. The molecule has 1 rings (SSSR count). The van der Waals surface area contributed by atoms with Gasteiger partial charge in [0.25, 0.3) is 5.91 Å². The third kappa shape index (κ3) is 12.2. The number of amides is 3. The van der Waals surface area contributed by atoms with Gasteiger partial charge < -0.3 is 15.5 Å². The van der Waals surface area contributed by atoms with Gasteiger partial charge in [-0.25, -0.2) is 0 Å². The van der Waals surface area contributed by atoms with Gasteiger partial charge in [0.15, 0.2) is 5.52 Å². The number of hydrogen-bond acceptors (Lipinski definition) is 4. The van der Waals surface area contributed by atoms with Crippen molar-refractivity contribution in [1.82, 2.24) is 15.5 Å². The van der Waals surface area contributed by atoms with Crippen LogP contribution in [0.3, 0.4) is 0 Å². The Morgan fingerprint density at radius 1 is 1.03 bits per heavy atom. The average molecular weight is 432 g/mol. The second-order valence-corrected chi connectivity index (χ2v) is 6.62. The van der Waals surface area contributed by atoms with E-state index in [0.717, 1.165) is 12.8 Å². The molecular formula is C21H42N3O4P. The predicted molar refractivity (Wildman–Crippen MR) is 125 cm³/mol. The molecule has 1 heterocycles. The van der Waals surface area contributed by atoms with Gasteiger partial charge in [-0.2, -0.15) is 0 Å². The Hall–Kier alpha value is -2.01. The molecular weight excluding hydrogens is 389 g/mol. The molecule has 170 valence electrons. The molecule has 0 aromatic rings. The lowest BCUT2D eigenvalue weighted by molar-refractivity contribution is -0.129. The van der Waals surface area contributed by atoms with Gasteiger partial charge in [0.2, 0.25) is 11.8 Å². The van der Waals surface area contributed by atoms with Crippen LogP contribution in [0.4, 0.5) is 0 Å². The van der Waals surface area contributed by atoms with Gasteiger partial charge in [0, 0.05) is 27.6 Å². The topological polar surface area (TPSA) is 95.6 Å². The summed E-state index contributed by atoms with van der Waals surface area (Å²) in [5, 5.41) is 5.14. The molecule has 1 aliphatic rings. The van der Waals surface area contributed by atoms with Crippen LogP contribution >= 0.6 is 9.24 Å². The van der Waals surface area contributed by atoms with E-state index in [1.807, 2.05) is 36.9 Å². The number of carbonyl (C=O) groups excluding carboxylic acids is 4. The van der Waals surface area contributed by atoms with Crippen LogP contribution in [0, 0.1) is 0 Å². The molecule has 7 nitrogen and oxygen atoms in total. The summed E-state index contributed by atoms with van der Waals surface area (Å²) in [7, 11) is 2.01. The first-order chi connectivity index (χ1) is 13.7. The summed E-state index contributed by atoms with van der Waals surface area (Å²) in [6.45, 7) is 15.5. The maximum atomic E-state index is 11.9. The maximum absolute atomic E-state index is 11.9. The predicted octanol–water partition coefficient (Wildman–Crippen LogP) is 3.41. The molecule has 0 saturated heterocycles. The minimum Gasteiger partial charge on any atom is -0.345 e. The quantitative estimate of drug-likeness (QED) is 0.409. The Bertz CT molecular complexity index is 583. The van der Waals surface area contributed by atoms with Crippen molar-refractivity contribution in [2.24, 2.45) is 0 Å². The molecule has 0 saturated carbocycles. The van der Waals surface area contributed by atoms with E-state index in [1.165, 1.54) is 6.08 Å². The summed E-state index contributed by atoms with van der Waals surface area (Å²) in [5.74, 6) is -0.660. The fraction of sp³-hybridized carbons (Fsp3) is 0.619. The molecule has 0 radical (unpaired) electrons. The van der Waals surface area contributed by atoms with Crippen molar-refractivity contribution in [3.05, 3.63) is 24.4 Å². The van der Waals surface area contributed by atoms with Gasteiger partial charge in [-0.3, -0.25) is 19.2 Å². The van der Waals surface area contributed by atoms with Crippen LogP contribution < -0.4 is 10.6 Å². The van der Waals surface area contributed by atoms with E-state index >= 15 is 0 Å². The van der Waals surface area contributed by atoms with Crippen molar-refractivity contribution < 1.29 is 22.0 Å². The highest BCUT2D eigenvalue weighted by Gasteiger charge is 2.19. The number of rotatable bonds is 10. The molecule has 29 heavy (non-hydrogen) atoms. The highest BCUT2D eigenvalue weighted by molar-refractivity contribution is 7.40. The largest absolute Gasteiger partial charge is 0.345 e. The van der Waals surface area contributed by atoms with Crippen LogP contribution in [-0.2, 0) is 19.2 Å². The standard InChI is InChI=1S/C17H26N3O4P.2C2H6.2H2/c1-11-8-9-15(22)20(11)10-6-4-5-7-14(21)18-12(2)16(23)19-13(3)17(24)25;2*1-2;;/h8-9,12-13H,1,4-7,10,25H2,2-3H3,(H,18,21)(H,19,23);2*1-2H3;2*1H/t12-,13-;;;;/m0..../s1. The van der Waals surface area contributed by atoms with E-state index in [-0.39, 0.29) is 20.2 Å². The number of hydrogen-bond donors (Lipinski definition) is 2. The zero-order chi connectivity index (χ0) is 23.0. The number of nitrogens with zero attached hydrogens (tertiary/aromatic N) is 1. The van der Waals surface area contributed by atoms with E-state index in [4.69, 9.17) is 0 Å². The van der Waals surface area contributed by atoms with E-state index < -0.39 is 18.0 Å². The molecule has 0 aromatic heterocycles. The Morgan fingerprint density at radius 2 is 1.62 bits per heavy atom. The highest BCUT2D eigenvalue weighted by atomic mass is 31.0. The first-order valence-corrected chi connectivity index (χ1v) is 10.9. The zero-order valence-corrected chi connectivity index (χ0v) is 19.9. The molecule has 8 heteroatoms. The molecule has 0 aromatic carbocycles. The summed E-state index contributed by atoms with van der Waals surface area (Å²) in [5.41, 5.74) is 0.474. The minimum atomic E-state index is -0.698. The second kappa shape index (κ2) is 16.9. The lowest BCUT2D eigenvalue weighted by atomic mass is 10.1. The number of nitrogens with one attached hydrogen (secondary N) is 2. The Morgan fingerprint density at radius 3 is 2.10 bits per heavy atom. The molecule has 0 aliphatic carbocycles. The number of allylic oxidation sites excluding steroid dienone is 1. The van der Waals surface area contributed by atoms with Gasteiger partial charge in [-0.05, 0) is 32.8 Å². The maximum Gasteiger partial charge on any atom is 0.251 e. The van der Waals surface area contributed by atoms with Crippen molar-refractivity contribution in [2.45, 2.75) is 79.3 Å². The monoisotopic (exact) mass is 431 g/mol. The lowest BCUT2D eigenvalue weighted by Crippen LogP contribution is -2.48. The molecule has 0 spiro atoms. The Kier molecular flexibility index (Phi) is 17.0. The summed E-state index contributed by atoms with van der Waals surface area (Å²) >= 11 is 0. The lowest BCUT2D eigenvalue weighted by Gasteiger charge is -2.17. The van der Waals surface area contributed by atoms with Gasteiger partial charge in [0.05, 0.1) is 6.04 Å². The van der Waals surface area contributed by atoms with Crippen LogP contribution in [0.5, 0.6) is 0 Å². The molecule has 2 N–H and O–H groups in total. The normalized spacial score (nSPS) is 14.1. The summed E-state index contributed by atoms with van der Waals surface area (Å²) in [6, 6.07) is -1.30. The molecule has 0 bridgehead atoms. The van der Waals surface area contributed by atoms with Crippen molar-refractivity contribution in [3.63, 3.8) is 0 Å². The fourth-order valence-electron chi connectivity index (χ4n) is 2.26. The van der Waals surface area contributed by atoms with Crippen molar-refractivity contribution in [1.29, 1.82) is 0 Å². The van der Waals surface area contributed by atoms with Crippen LogP contribution in [0.2, 0.25) is 0 Å². The van der Waals surface area contributed by atoms with Gasteiger partial charge in [-0.1, -0.05) is 49.9 Å². The molecule has 0 fully saturated rings. The Balaban J connectivity index is -0.000000572. The molecule has 3 atom stereocenters. The third-order valence-corrected chi connectivity index (χ3v) is 4.37. The van der Waals surface area contributed by atoms with Crippen molar-refractivity contribution in [2.75, 3.05) is 6.54 Å². The Labute approximate surface area is 180 Å². The van der Waals surface area contributed by atoms with Crippen LogP contribution in [-0.4, -0.2) is 46.8 Å². The summed E-state index contributed by atoms with van der Waals surface area (Å²) in [4.78, 5) is 47.9. The van der Waals surface area contributed by atoms with Gasteiger partial charge in [-0.15, -0.1) is 0 Å². The number of carbonyl (C=O) groups is 4. The first kappa shape index (κ1) is 29.2. The molecule has 1 aliphatic heterocycles. The van der Waals surface area contributed by atoms with E-state index in [0.29, 0.717) is 25.1 Å². The smallest absolute Gasteiger partial charge is 0.251 e. The number of unbranched alkanes of at least 4 members (excludes halogenated alkanes) is 2. The zero-order valence-electron chi connectivity index (χ0n) is 18.7. The minimum absolute atomic E-state index is 0. The van der Waals surface area contributed by atoms with E-state index in [2.05, 4.69) is 17.2 Å². The molecule has 1 unspecified atom stereocenters. The average Bonchev–Trinajstić information content (AvgIpc) is 3.02. The molecule has 3 amide bonds.